The van der Waals surface area contributed by atoms with Crippen molar-refractivity contribution in [3.63, 3.8) is 0 Å². The Bertz CT molecular complexity index is 1610. The maximum absolute atomic E-state index is 4.66. The fourth-order valence-electron chi connectivity index (χ4n) is 5.31. The maximum Gasteiger partial charge on any atom is 0 e. The van der Waals surface area contributed by atoms with E-state index in [-0.39, 0.29) is 20.1 Å². The molecule has 2 aromatic heterocycles. The second kappa shape index (κ2) is 9.31. The summed E-state index contributed by atoms with van der Waals surface area (Å²) in [4.78, 5) is 8.98. The third-order valence-electron chi connectivity index (χ3n) is 6.97. The van der Waals surface area contributed by atoms with E-state index < -0.39 is 13.3 Å². The molecule has 0 unspecified atom stereocenters. The first-order chi connectivity index (χ1) is 16.6. The average Bonchev–Trinajstić information content (AvgIpc) is 3.12. The normalized spacial score (nSPS) is 13.0. The fraction of sp³-hybridized carbons (Fsp3) is 0.0968. The topological polar surface area (TPSA) is 25.8 Å². The van der Waals surface area contributed by atoms with E-state index in [9.17, 15) is 0 Å². The van der Waals surface area contributed by atoms with E-state index in [4.69, 9.17) is 0 Å². The average molecular weight is 689 g/mol. The van der Waals surface area contributed by atoms with E-state index in [1.165, 1.54) is 32.5 Å². The van der Waals surface area contributed by atoms with Gasteiger partial charge in [0.05, 0.1) is 0 Å². The first kappa shape index (κ1) is 23.9. The third-order valence-corrected chi connectivity index (χ3v) is 14.4. The zero-order valence-corrected chi connectivity index (χ0v) is 24.4. The summed E-state index contributed by atoms with van der Waals surface area (Å²) in [5, 5.41) is 6.74. The van der Waals surface area contributed by atoms with Crippen LogP contribution in [-0.2, 0) is 20.1 Å². The van der Waals surface area contributed by atoms with Crippen molar-refractivity contribution < 1.29 is 20.1 Å². The number of pyridine rings is 2. The van der Waals surface area contributed by atoms with Gasteiger partial charge in [-0.25, -0.2) is 0 Å². The minimum absolute atomic E-state index is 0. The Hall–Kier alpha value is -2.85. The molecular weight excluding hydrogens is 665 g/mol. The monoisotopic (exact) mass is 691 g/mol. The van der Waals surface area contributed by atoms with Crippen molar-refractivity contribution in [1.82, 2.24) is 9.97 Å². The molecule has 1 radical (unpaired) electrons. The van der Waals surface area contributed by atoms with Crippen molar-refractivity contribution in [1.29, 1.82) is 0 Å². The first-order valence-electron chi connectivity index (χ1n) is 11.6. The standard InChI is InChI=1S/C19H14GeN.C12H10N.Ir/c1-20(2)15-9-3-6-12-13-8-5-11-21-19(13)14-7-4-10-16(20)18(14)17(12)15;1-10-6-5-9-13-12(10)11-7-3-2-4-8-11;/h3-6,8-11H,1-2H3;2-7,9H,1H3;/q2*-1;. The molecule has 0 amide bonds. The molecule has 1 aliphatic rings. The van der Waals surface area contributed by atoms with Crippen molar-refractivity contribution in [3.8, 4) is 11.3 Å². The molecule has 4 aromatic carbocycles. The summed E-state index contributed by atoms with van der Waals surface area (Å²) in [6, 6.07) is 34.0. The van der Waals surface area contributed by atoms with Crippen LogP contribution in [0, 0.1) is 19.1 Å². The number of aryl methyl sites for hydroxylation is 1. The van der Waals surface area contributed by atoms with Crippen LogP contribution in [0.15, 0.2) is 91.3 Å². The predicted molar refractivity (Wildman–Crippen MR) is 146 cm³/mol. The Balaban J connectivity index is 0.000000157. The molecule has 0 saturated heterocycles. The molecule has 0 saturated carbocycles. The van der Waals surface area contributed by atoms with E-state index in [0.717, 1.165) is 16.8 Å². The maximum atomic E-state index is 4.66. The third kappa shape index (κ3) is 3.83. The number of hydrogen-bond acceptors (Lipinski definition) is 2. The molecule has 0 spiro atoms. The molecule has 3 heterocycles. The summed E-state index contributed by atoms with van der Waals surface area (Å²) in [5.74, 6) is 5.00. The molecule has 6 aromatic rings. The van der Waals surface area contributed by atoms with Gasteiger partial charge in [0.1, 0.15) is 0 Å². The van der Waals surface area contributed by atoms with E-state index in [1.807, 2.05) is 48.8 Å². The zero-order chi connectivity index (χ0) is 23.3. The van der Waals surface area contributed by atoms with Gasteiger partial charge in [0, 0.05) is 26.3 Å². The van der Waals surface area contributed by atoms with Crippen molar-refractivity contribution in [3.05, 3.63) is 109 Å². The zero-order valence-electron chi connectivity index (χ0n) is 19.9. The summed E-state index contributed by atoms with van der Waals surface area (Å²) in [6.07, 6.45) is 3.70. The van der Waals surface area contributed by atoms with E-state index >= 15 is 0 Å². The Morgan fingerprint density at radius 2 is 1.46 bits per heavy atom. The van der Waals surface area contributed by atoms with Crippen LogP contribution < -0.4 is 8.79 Å². The second-order valence-electron chi connectivity index (χ2n) is 9.34. The number of fused-ring (bicyclic) bond motifs is 3. The molecule has 2 nitrogen and oxygen atoms in total. The molecule has 7 rings (SSSR count). The number of rotatable bonds is 1. The van der Waals surface area contributed by atoms with Crippen molar-refractivity contribution in [2.24, 2.45) is 0 Å². The van der Waals surface area contributed by atoms with Crippen molar-refractivity contribution >= 4 is 54.5 Å². The van der Waals surface area contributed by atoms with Gasteiger partial charge in [0.25, 0.3) is 0 Å². The van der Waals surface area contributed by atoms with Crippen LogP contribution in [0.3, 0.4) is 0 Å². The molecule has 0 bridgehead atoms. The largest absolute Gasteiger partial charge is 0 e. The first-order valence-corrected chi connectivity index (χ1v) is 17.9. The van der Waals surface area contributed by atoms with Gasteiger partial charge in [-0.3, -0.25) is 0 Å². The van der Waals surface area contributed by atoms with Crippen LogP contribution in [0.2, 0.25) is 11.5 Å². The van der Waals surface area contributed by atoms with Crippen LogP contribution in [0.4, 0.5) is 0 Å². The molecular formula is C31H24GeIrN2-2. The smallest absolute Gasteiger partial charge is 0 e. The number of aromatic nitrogens is 2. The summed E-state index contributed by atoms with van der Waals surface area (Å²) in [7, 11) is 0. The minimum atomic E-state index is -2.16. The molecule has 1 aliphatic heterocycles. The summed E-state index contributed by atoms with van der Waals surface area (Å²) in [5.41, 5.74) is 4.35. The molecule has 4 heteroatoms. The van der Waals surface area contributed by atoms with Gasteiger partial charge < -0.3 is 4.98 Å². The summed E-state index contributed by atoms with van der Waals surface area (Å²) in [6.45, 7) is 2.06. The van der Waals surface area contributed by atoms with Gasteiger partial charge in [-0.1, -0.05) is 11.6 Å². The van der Waals surface area contributed by atoms with Crippen molar-refractivity contribution in [2.45, 2.75) is 18.4 Å². The molecule has 0 N–H and O–H groups in total. The van der Waals surface area contributed by atoms with E-state index in [1.54, 1.807) is 8.79 Å². The Kier molecular flexibility index (Phi) is 6.35. The van der Waals surface area contributed by atoms with Gasteiger partial charge in [0.2, 0.25) is 0 Å². The van der Waals surface area contributed by atoms with Gasteiger partial charge in [-0.15, -0.1) is 35.9 Å². The quantitative estimate of drug-likeness (QED) is 0.115. The number of nitrogens with zero attached hydrogens (tertiary/aromatic N) is 2. The van der Waals surface area contributed by atoms with Gasteiger partial charge in [0.15, 0.2) is 0 Å². The van der Waals surface area contributed by atoms with Crippen LogP contribution in [0.5, 0.6) is 0 Å². The second-order valence-corrected chi connectivity index (χ2v) is 18.4. The molecule has 0 atom stereocenters. The Morgan fingerprint density at radius 1 is 0.686 bits per heavy atom. The molecule has 173 valence electrons. The number of hydrogen-bond donors (Lipinski definition) is 0. The summed E-state index contributed by atoms with van der Waals surface area (Å²) < 4.78 is 3.19. The number of benzene rings is 4. The fourth-order valence-corrected chi connectivity index (χ4v) is 11.7. The summed E-state index contributed by atoms with van der Waals surface area (Å²) >= 11 is -2.16. The van der Waals surface area contributed by atoms with Crippen molar-refractivity contribution in [2.75, 3.05) is 0 Å². The molecule has 35 heavy (non-hydrogen) atoms. The SMILES string of the molecule is Cc1cccnc1-c1[c-]cccc1.[CH3][Ge]1([CH3])[c]2cc[c-]c3c4ncccc4c4ccc[c]1c4c23.[Ir]. The van der Waals surface area contributed by atoms with Gasteiger partial charge >= 0.3 is 126 Å². The Labute approximate surface area is 222 Å². The van der Waals surface area contributed by atoms with Crippen LogP contribution in [0.25, 0.3) is 43.7 Å². The minimum Gasteiger partial charge on any atom is 0 e. The predicted octanol–water partition coefficient (Wildman–Crippen LogP) is 6.33. The Morgan fingerprint density at radius 3 is 2.26 bits per heavy atom. The van der Waals surface area contributed by atoms with E-state index in [0.29, 0.717) is 0 Å². The van der Waals surface area contributed by atoms with Gasteiger partial charge in [-0.05, 0) is 18.7 Å². The molecule has 0 fully saturated rings. The van der Waals surface area contributed by atoms with Crippen LogP contribution in [0.1, 0.15) is 5.56 Å². The van der Waals surface area contributed by atoms with Crippen LogP contribution >= 0.6 is 0 Å². The van der Waals surface area contributed by atoms with E-state index in [2.05, 4.69) is 83.0 Å². The molecule has 0 aliphatic carbocycles. The van der Waals surface area contributed by atoms with Gasteiger partial charge in [-0.2, -0.15) is 0 Å². The van der Waals surface area contributed by atoms with Crippen LogP contribution in [-0.4, -0.2) is 23.2 Å².